The largest absolute Gasteiger partial charge is 0.254 e. The van der Waals surface area contributed by atoms with Crippen molar-refractivity contribution >= 4 is 71.1 Å². The van der Waals surface area contributed by atoms with Crippen LogP contribution in [0.5, 0.6) is 0 Å². The van der Waals surface area contributed by atoms with Gasteiger partial charge in [-0.15, -0.1) is 0 Å². The molecule has 0 spiro atoms. The lowest BCUT2D eigenvalue weighted by atomic mass is 9.85. The van der Waals surface area contributed by atoms with Gasteiger partial charge in [0.2, 0.25) is 0 Å². The van der Waals surface area contributed by atoms with Gasteiger partial charge in [0, 0.05) is 44.9 Å². The molecule has 1 aliphatic carbocycles. The molecule has 3 nitrogen and oxygen atoms in total. The molecule has 0 bridgehead atoms. The Bertz CT molecular complexity index is 3210. The Morgan fingerprint density at radius 3 is 1.98 bits per heavy atom. The highest BCUT2D eigenvalue weighted by molar-refractivity contribution is 6.33. The summed E-state index contributed by atoms with van der Waals surface area (Å²) in [6.07, 6.45) is 13.4. The molecule has 0 N–H and O–H groups in total. The number of benzene rings is 7. The van der Waals surface area contributed by atoms with Crippen LogP contribution in [0, 0.1) is 0 Å². The number of rotatable bonds is 3. The van der Waals surface area contributed by atoms with Gasteiger partial charge < -0.3 is 0 Å². The molecule has 3 aromatic heterocycles. The van der Waals surface area contributed by atoms with Crippen molar-refractivity contribution in [3.63, 3.8) is 0 Å². The van der Waals surface area contributed by atoms with E-state index in [1.807, 2.05) is 24.5 Å². The number of pyridine rings is 3. The number of aromatic nitrogens is 3. The average Bonchev–Trinajstić information content (AvgIpc) is 3.49. The number of hydrogen-bond donors (Lipinski definition) is 0. The van der Waals surface area contributed by atoms with E-state index in [4.69, 9.17) is 15.0 Å². The van der Waals surface area contributed by atoms with Crippen molar-refractivity contribution in [2.45, 2.75) is 6.42 Å². The van der Waals surface area contributed by atoms with Crippen molar-refractivity contribution < 1.29 is 0 Å². The highest BCUT2D eigenvalue weighted by Crippen LogP contribution is 2.44. The Hall–Kier alpha value is -6.97. The quantitative estimate of drug-likeness (QED) is 0.175. The molecule has 0 atom stereocenters. The molecule has 1 aliphatic rings. The summed E-state index contributed by atoms with van der Waals surface area (Å²) in [6, 6.07) is 50.4. The summed E-state index contributed by atoms with van der Waals surface area (Å²) in [7, 11) is 0. The smallest absolute Gasteiger partial charge is 0.0970 e. The molecule has 0 fully saturated rings. The number of allylic oxidation sites excluding steroid dienone is 3. The first-order valence-electron chi connectivity index (χ1n) is 18.2. The summed E-state index contributed by atoms with van der Waals surface area (Å²) < 4.78 is 0. The fourth-order valence-electron chi connectivity index (χ4n) is 8.66. The zero-order valence-corrected chi connectivity index (χ0v) is 28.8. The van der Waals surface area contributed by atoms with E-state index < -0.39 is 0 Å². The van der Waals surface area contributed by atoms with Gasteiger partial charge in [0.15, 0.2) is 0 Å². The van der Waals surface area contributed by atoms with Crippen LogP contribution in [-0.4, -0.2) is 15.0 Å². The Morgan fingerprint density at radius 2 is 1.13 bits per heavy atom. The number of para-hydroxylation sites is 1. The third-order valence-electron chi connectivity index (χ3n) is 11.0. The van der Waals surface area contributed by atoms with Crippen molar-refractivity contribution in [1.29, 1.82) is 0 Å². The van der Waals surface area contributed by atoms with Crippen LogP contribution in [0.15, 0.2) is 170 Å². The molecule has 246 valence electrons. The summed E-state index contributed by atoms with van der Waals surface area (Å²) in [5.41, 5.74) is 12.3. The number of fused-ring (bicyclic) bond motifs is 12. The SMILES string of the molecule is C1=CCc2c(-c3cccc(-c4nc5ccccc5c5c6ccccc6c6ccccc6c45)c3)ccc(-c3cc4cccnc4c4ncccc34)c2C=C1. The first-order valence-corrected chi connectivity index (χ1v) is 18.2. The summed E-state index contributed by atoms with van der Waals surface area (Å²) in [5.74, 6) is 0. The molecule has 3 heterocycles. The van der Waals surface area contributed by atoms with Gasteiger partial charge in [0.25, 0.3) is 0 Å². The Morgan fingerprint density at radius 1 is 0.453 bits per heavy atom. The third-order valence-corrected chi connectivity index (χ3v) is 11.0. The van der Waals surface area contributed by atoms with Crippen LogP contribution < -0.4 is 0 Å². The molecule has 53 heavy (non-hydrogen) atoms. The van der Waals surface area contributed by atoms with Crippen molar-refractivity contribution in [3.05, 3.63) is 181 Å². The van der Waals surface area contributed by atoms with Crippen LogP contribution in [0.1, 0.15) is 11.1 Å². The summed E-state index contributed by atoms with van der Waals surface area (Å²) in [4.78, 5) is 15.0. The van der Waals surface area contributed by atoms with E-state index in [0.29, 0.717) is 0 Å². The summed E-state index contributed by atoms with van der Waals surface area (Å²) in [6.45, 7) is 0. The molecule has 3 heteroatoms. The summed E-state index contributed by atoms with van der Waals surface area (Å²) >= 11 is 0. The van der Waals surface area contributed by atoms with Gasteiger partial charge in [-0.05, 0) is 91.7 Å². The van der Waals surface area contributed by atoms with Crippen LogP contribution in [0.25, 0.3) is 105 Å². The number of nitrogens with zero attached hydrogens (tertiary/aromatic N) is 3. The van der Waals surface area contributed by atoms with Crippen LogP contribution in [0.4, 0.5) is 0 Å². The molecule has 0 radical (unpaired) electrons. The van der Waals surface area contributed by atoms with Crippen molar-refractivity contribution in [2.75, 3.05) is 0 Å². The maximum atomic E-state index is 5.44. The molecule has 0 saturated heterocycles. The molecule has 0 saturated carbocycles. The monoisotopic (exact) mass is 673 g/mol. The lowest BCUT2D eigenvalue weighted by molar-refractivity contribution is 1.27. The van der Waals surface area contributed by atoms with Gasteiger partial charge in [0.1, 0.15) is 0 Å². The molecule has 0 aliphatic heterocycles. The molecule has 0 unspecified atom stereocenters. The second kappa shape index (κ2) is 11.8. The van der Waals surface area contributed by atoms with Gasteiger partial charge in [-0.1, -0.05) is 133 Å². The van der Waals surface area contributed by atoms with Gasteiger partial charge >= 0.3 is 0 Å². The third kappa shape index (κ3) is 4.57. The fourth-order valence-corrected chi connectivity index (χ4v) is 8.66. The molecule has 11 rings (SSSR count). The Labute approximate surface area is 306 Å². The molecule has 7 aromatic carbocycles. The first kappa shape index (κ1) is 29.7. The minimum atomic E-state index is 0.828. The van der Waals surface area contributed by atoms with Gasteiger partial charge in [0.05, 0.1) is 22.2 Å². The van der Waals surface area contributed by atoms with Gasteiger partial charge in [-0.2, -0.15) is 0 Å². The molecule has 0 amide bonds. The molecular formula is C50H31N3. The second-order valence-corrected chi connectivity index (χ2v) is 13.8. The van der Waals surface area contributed by atoms with E-state index in [1.54, 1.807) is 0 Å². The van der Waals surface area contributed by atoms with E-state index in [-0.39, 0.29) is 0 Å². The minimum Gasteiger partial charge on any atom is -0.254 e. The second-order valence-electron chi connectivity index (χ2n) is 13.8. The van der Waals surface area contributed by atoms with E-state index in [9.17, 15) is 0 Å². The van der Waals surface area contributed by atoms with E-state index in [1.165, 1.54) is 71.1 Å². The van der Waals surface area contributed by atoms with E-state index in [0.717, 1.165) is 45.0 Å². The van der Waals surface area contributed by atoms with Crippen LogP contribution in [0.3, 0.4) is 0 Å². The maximum Gasteiger partial charge on any atom is 0.0970 e. The van der Waals surface area contributed by atoms with E-state index in [2.05, 4.69) is 152 Å². The minimum absolute atomic E-state index is 0.828. The Balaban J connectivity index is 1.16. The highest BCUT2D eigenvalue weighted by Gasteiger charge is 2.20. The fraction of sp³-hybridized carbons (Fsp3) is 0.0200. The predicted octanol–water partition coefficient (Wildman–Crippen LogP) is 12.9. The lowest BCUT2D eigenvalue weighted by Crippen LogP contribution is -1.98. The zero-order valence-electron chi connectivity index (χ0n) is 28.8. The predicted molar refractivity (Wildman–Crippen MR) is 223 cm³/mol. The standard InChI is InChI=1S/C50H31N3/c1-2-16-35-34(25-26-39(36(35)17-3-1)44-30-33-15-11-27-51-49(33)50-42(44)23-12-28-52-50)31-13-10-14-32(29-31)48-47-41-21-7-5-19-38(41)37-18-4-6-20-40(37)46(47)43-22-8-9-24-45(43)53-48/h1-15,17-30H,16H2. The van der Waals surface area contributed by atoms with Gasteiger partial charge in [-0.25, -0.2) is 4.98 Å². The average molecular weight is 674 g/mol. The van der Waals surface area contributed by atoms with Crippen molar-refractivity contribution in [3.8, 4) is 33.5 Å². The highest BCUT2D eigenvalue weighted by atomic mass is 14.7. The van der Waals surface area contributed by atoms with Crippen LogP contribution >= 0.6 is 0 Å². The topological polar surface area (TPSA) is 38.7 Å². The van der Waals surface area contributed by atoms with Crippen molar-refractivity contribution in [1.82, 2.24) is 15.0 Å². The molecule has 10 aromatic rings. The molecular weight excluding hydrogens is 643 g/mol. The Kier molecular flexibility index (Phi) is 6.62. The van der Waals surface area contributed by atoms with E-state index >= 15 is 0 Å². The first-order chi connectivity index (χ1) is 26.3. The maximum absolute atomic E-state index is 5.44. The van der Waals surface area contributed by atoms with Crippen LogP contribution in [0.2, 0.25) is 0 Å². The van der Waals surface area contributed by atoms with Crippen LogP contribution in [-0.2, 0) is 6.42 Å². The van der Waals surface area contributed by atoms with Gasteiger partial charge in [-0.3, -0.25) is 9.97 Å². The van der Waals surface area contributed by atoms with Crippen molar-refractivity contribution in [2.24, 2.45) is 0 Å². The zero-order chi connectivity index (χ0) is 34.9. The lowest BCUT2D eigenvalue weighted by Gasteiger charge is -2.19. The summed E-state index contributed by atoms with van der Waals surface area (Å²) in [5, 5.41) is 10.8. The number of hydrogen-bond acceptors (Lipinski definition) is 3. The normalized spacial score (nSPS) is 12.7.